The second-order valence-electron chi connectivity index (χ2n) is 6.57. The summed E-state index contributed by atoms with van der Waals surface area (Å²) in [5.74, 6) is 1.05. The molecule has 0 saturated heterocycles. The normalized spacial score (nSPS) is 20.3. The van der Waals surface area contributed by atoms with Crippen molar-refractivity contribution in [1.82, 2.24) is 0 Å². The standard InChI is InChI=1S/C21H20S/c1-21(2)18-11-5-4-10-16(18)17-14-22-20-13-6-3-8-15(20)9-7-12-19(17)21/h3-8,10-13H,9,14H2,1-2H3/b12-7-. The third-order valence-electron chi connectivity index (χ3n) is 4.89. The van der Waals surface area contributed by atoms with Crippen LogP contribution in [0.2, 0.25) is 0 Å². The van der Waals surface area contributed by atoms with Crippen molar-refractivity contribution < 1.29 is 0 Å². The van der Waals surface area contributed by atoms with Crippen molar-refractivity contribution in [3.63, 3.8) is 0 Å². The van der Waals surface area contributed by atoms with Gasteiger partial charge in [-0.15, -0.1) is 11.8 Å². The van der Waals surface area contributed by atoms with E-state index in [1.165, 1.54) is 32.7 Å². The topological polar surface area (TPSA) is 0 Å². The zero-order valence-electron chi connectivity index (χ0n) is 13.1. The predicted octanol–water partition coefficient (Wildman–Crippen LogP) is 5.64. The van der Waals surface area contributed by atoms with Gasteiger partial charge in [0, 0.05) is 16.1 Å². The maximum absolute atomic E-state index is 2.37. The molecule has 4 rings (SSSR count). The predicted molar refractivity (Wildman–Crippen MR) is 96.4 cm³/mol. The number of benzene rings is 2. The number of thioether (sulfide) groups is 1. The molecule has 0 saturated carbocycles. The van der Waals surface area contributed by atoms with E-state index in [0.29, 0.717) is 0 Å². The van der Waals surface area contributed by atoms with Crippen LogP contribution in [0.4, 0.5) is 0 Å². The number of hydrogen-bond donors (Lipinski definition) is 0. The SMILES string of the molecule is CC1(C)C2=C(CSc3ccccc3C/C=C\2)c2ccccc21. The first kappa shape index (κ1) is 13.9. The molecular formula is C21H20S. The number of fused-ring (bicyclic) bond motifs is 3. The molecule has 0 fully saturated rings. The second-order valence-corrected chi connectivity index (χ2v) is 7.58. The second kappa shape index (κ2) is 5.17. The highest BCUT2D eigenvalue weighted by Gasteiger charge is 2.36. The van der Waals surface area contributed by atoms with Crippen LogP contribution in [0.15, 0.2) is 71.2 Å². The Bertz CT molecular complexity index is 793. The van der Waals surface area contributed by atoms with Crippen molar-refractivity contribution in [2.45, 2.75) is 30.6 Å². The van der Waals surface area contributed by atoms with E-state index in [-0.39, 0.29) is 5.41 Å². The van der Waals surface area contributed by atoms with E-state index in [1.54, 1.807) is 0 Å². The molecule has 2 aromatic carbocycles. The van der Waals surface area contributed by atoms with Gasteiger partial charge in [-0.2, -0.15) is 0 Å². The van der Waals surface area contributed by atoms with Crippen molar-refractivity contribution in [3.8, 4) is 0 Å². The van der Waals surface area contributed by atoms with Crippen molar-refractivity contribution in [1.29, 1.82) is 0 Å². The van der Waals surface area contributed by atoms with Gasteiger partial charge in [0.25, 0.3) is 0 Å². The van der Waals surface area contributed by atoms with Gasteiger partial charge < -0.3 is 0 Å². The van der Waals surface area contributed by atoms with Gasteiger partial charge in [-0.25, -0.2) is 0 Å². The molecule has 1 aliphatic carbocycles. The van der Waals surface area contributed by atoms with Gasteiger partial charge >= 0.3 is 0 Å². The minimum Gasteiger partial charge on any atom is -0.121 e. The molecule has 2 aromatic rings. The summed E-state index contributed by atoms with van der Waals surface area (Å²) in [6, 6.07) is 17.7. The molecule has 22 heavy (non-hydrogen) atoms. The van der Waals surface area contributed by atoms with Crippen LogP contribution < -0.4 is 0 Å². The van der Waals surface area contributed by atoms with E-state index >= 15 is 0 Å². The Morgan fingerprint density at radius 3 is 2.64 bits per heavy atom. The first-order chi connectivity index (χ1) is 10.7. The zero-order chi connectivity index (χ0) is 15.2. The van der Waals surface area contributed by atoms with Crippen LogP contribution in [0.3, 0.4) is 0 Å². The Hall–Kier alpha value is -1.73. The molecule has 110 valence electrons. The maximum Gasteiger partial charge on any atom is 0.0241 e. The Morgan fingerprint density at radius 2 is 1.73 bits per heavy atom. The van der Waals surface area contributed by atoms with Gasteiger partial charge in [-0.1, -0.05) is 68.5 Å². The Labute approximate surface area is 137 Å². The van der Waals surface area contributed by atoms with E-state index in [1.807, 2.05) is 11.8 Å². The van der Waals surface area contributed by atoms with Crippen LogP contribution in [-0.2, 0) is 11.8 Å². The van der Waals surface area contributed by atoms with E-state index < -0.39 is 0 Å². The number of hydrogen-bond acceptors (Lipinski definition) is 1. The van der Waals surface area contributed by atoms with Crippen molar-refractivity contribution in [2.24, 2.45) is 0 Å². The number of rotatable bonds is 0. The lowest BCUT2D eigenvalue weighted by Gasteiger charge is -2.22. The summed E-state index contributed by atoms with van der Waals surface area (Å²) >= 11 is 1.98. The lowest BCUT2D eigenvalue weighted by atomic mass is 9.81. The first-order valence-corrected chi connectivity index (χ1v) is 8.87. The fourth-order valence-corrected chi connectivity index (χ4v) is 4.81. The molecule has 1 heteroatoms. The smallest absolute Gasteiger partial charge is 0.0241 e. The van der Waals surface area contributed by atoms with Crippen LogP contribution in [0, 0.1) is 0 Å². The van der Waals surface area contributed by atoms with E-state index in [9.17, 15) is 0 Å². The summed E-state index contributed by atoms with van der Waals surface area (Å²) in [5, 5.41) is 0. The van der Waals surface area contributed by atoms with Crippen LogP contribution in [0.5, 0.6) is 0 Å². The molecule has 0 N–H and O–H groups in total. The molecule has 0 radical (unpaired) electrons. The van der Waals surface area contributed by atoms with Gasteiger partial charge in [0.15, 0.2) is 0 Å². The number of allylic oxidation sites excluding steroid dienone is 3. The molecule has 0 atom stereocenters. The molecule has 2 aliphatic rings. The lowest BCUT2D eigenvalue weighted by Crippen LogP contribution is -2.16. The molecule has 0 amide bonds. The molecule has 0 aromatic heterocycles. The first-order valence-electron chi connectivity index (χ1n) is 7.88. The highest BCUT2D eigenvalue weighted by atomic mass is 32.2. The van der Waals surface area contributed by atoms with E-state index in [2.05, 4.69) is 74.5 Å². The van der Waals surface area contributed by atoms with Gasteiger partial charge in [-0.05, 0) is 40.3 Å². The zero-order valence-corrected chi connectivity index (χ0v) is 13.9. The van der Waals surface area contributed by atoms with Gasteiger partial charge in [0.1, 0.15) is 0 Å². The van der Waals surface area contributed by atoms with Gasteiger partial charge in [0.05, 0.1) is 0 Å². The van der Waals surface area contributed by atoms with Gasteiger partial charge in [0.2, 0.25) is 0 Å². The summed E-state index contributed by atoms with van der Waals surface area (Å²) in [4.78, 5) is 1.42. The molecule has 0 unspecified atom stereocenters. The average molecular weight is 304 g/mol. The van der Waals surface area contributed by atoms with Crippen LogP contribution in [0.25, 0.3) is 5.57 Å². The lowest BCUT2D eigenvalue weighted by molar-refractivity contribution is 0.653. The Balaban J connectivity index is 1.84. The largest absolute Gasteiger partial charge is 0.121 e. The molecule has 0 spiro atoms. The fraction of sp³-hybridized carbons (Fsp3) is 0.238. The fourth-order valence-electron chi connectivity index (χ4n) is 3.69. The maximum atomic E-state index is 2.37. The van der Waals surface area contributed by atoms with Crippen molar-refractivity contribution >= 4 is 17.3 Å². The summed E-state index contributed by atoms with van der Waals surface area (Å²) in [6.07, 6.45) is 5.73. The molecule has 1 aliphatic heterocycles. The molecule has 0 bridgehead atoms. The summed E-state index contributed by atoms with van der Waals surface area (Å²) < 4.78 is 0. The summed E-state index contributed by atoms with van der Waals surface area (Å²) in [7, 11) is 0. The highest BCUT2D eigenvalue weighted by molar-refractivity contribution is 7.99. The summed E-state index contributed by atoms with van der Waals surface area (Å²) in [5.41, 5.74) is 7.47. The van der Waals surface area contributed by atoms with E-state index in [4.69, 9.17) is 0 Å². The third-order valence-corrected chi connectivity index (χ3v) is 6.03. The van der Waals surface area contributed by atoms with Crippen molar-refractivity contribution in [2.75, 3.05) is 5.75 Å². The molecule has 1 heterocycles. The molecular weight excluding hydrogens is 284 g/mol. The van der Waals surface area contributed by atoms with Crippen LogP contribution >= 0.6 is 11.8 Å². The molecule has 0 nitrogen and oxygen atoms in total. The van der Waals surface area contributed by atoms with Gasteiger partial charge in [-0.3, -0.25) is 0 Å². The van der Waals surface area contributed by atoms with E-state index in [0.717, 1.165) is 12.2 Å². The monoisotopic (exact) mass is 304 g/mol. The van der Waals surface area contributed by atoms with Crippen molar-refractivity contribution in [3.05, 3.63) is 82.9 Å². The summed E-state index contributed by atoms with van der Waals surface area (Å²) in [6.45, 7) is 4.71. The van der Waals surface area contributed by atoms with Crippen LogP contribution in [-0.4, -0.2) is 5.75 Å². The highest BCUT2D eigenvalue weighted by Crippen LogP contribution is 2.48. The average Bonchev–Trinajstić information content (AvgIpc) is 2.80. The van der Waals surface area contributed by atoms with Crippen LogP contribution in [0.1, 0.15) is 30.5 Å². The quantitative estimate of drug-likeness (QED) is 0.607. The minimum atomic E-state index is 0.111. The Morgan fingerprint density at radius 1 is 0.955 bits per heavy atom. The third kappa shape index (κ3) is 2.07. The minimum absolute atomic E-state index is 0.111. The Kier molecular flexibility index (Phi) is 3.27.